The van der Waals surface area contributed by atoms with Crippen LogP contribution in [0.4, 0.5) is 17.1 Å². The van der Waals surface area contributed by atoms with E-state index in [4.69, 9.17) is 9.83 Å². The van der Waals surface area contributed by atoms with Gasteiger partial charge in [-0.3, -0.25) is 0 Å². The monoisotopic (exact) mass is 343 g/mol. The van der Waals surface area contributed by atoms with Crippen molar-refractivity contribution >= 4 is 35.6 Å². The molecular formula is C12H11AsN3NaO3. The van der Waals surface area contributed by atoms with Gasteiger partial charge in [-0.05, 0) is 0 Å². The Kier molecular flexibility index (Phi) is 6.20. The van der Waals surface area contributed by atoms with Crippen LogP contribution in [0.1, 0.15) is 0 Å². The number of hydrogen-bond acceptors (Lipinski definition) is 5. The van der Waals surface area contributed by atoms with Crippen LogP contribution in [-0.4, -0.2) is 18.3 Å². The van der Waals surface area contributed by atoms with Crippen molar-refractivity contribution in [3.8, 4) is 0 Å². The minimum Gasteiger partial charge on any atom is 1.00 e. The third-order valence-corrected chi connectivity index (χ3v) is 4.34. The number of anilines is 1. The first-order valence-corrected chi connectivity index (χ1v) is 8.68. The Morgan fingerprint density at radius 3 is 1.75 bits per heavy atom. The molecule has 2 aromatic rings. The predicted molar refractivity (Wildman–Crippen MR) is 69.8 cm³/mol. The molecule has 1 unspecified atom stereocenters. The van der Waals surface area contributed by atoms with Gasteiger partial charge in [0.05, 0.1) is 0 Å². The van der Waals surface area contributed by atoms with Gasteiger partial charge in [0, 0.05) is 0 Å². The Hall–Kier alpha value is -0.882. The Morgan fingerprint density at radius 1 is 0.950 bits per heavy atom. The molecule has 3 N–H and O–H groups in total. The van der Waals surface area contributed by atoms with Gasteiger partial charge in [-0.25, -0.2) is 0 Å². The Morgan fingerprint density at radius 2 is 1.35 bits per heavy atom. The van der Waals surface area contributed by atoms with Gasteiger partial charge in [0.25, 0.3) is 0 Å². The first-order valence-electron chi connectivity index (χ1n) is 5.37. The average Bonchev–Trinajstić information content (AvgIpc) is 2.37. The molecule has 0 saturated carbocycles. The van der Waals surface area contributed by atoms with E-state index in [2.05, 4.69) is 10.2 Å². The second-order valence-electron chi connectivity index (χ2n) is 3.83. The SMILES string of the molecule is Nc1ccc(N=Nc2ccc([As](=O)([O-])O)cc2)cc1.[Na+]. The van der Waals surface area contributed by atoms with Crippen molar-refractivity contribution < 1.29 is 41.5 Å². The van der Waals surface area contributed by atoms with Gasteiger partial charge >= 0.3 is 142 Å². The van der Waals surface area contributed by atoms with E-state index in [1.54, 1.807) is 24.3 Å². The maximum atomic E-state index is 10.9. The third-order valence-electron chi connectivity index (χ3n) is 2.35. The summed E-state index contributed by atoms with van der Waals surface area (Å²) in [5.74, 6) is 0. The zero-order chi connectivity index (χ0) is 13.9. The second-order valence-corrected chi connectivity index (χ2v) is 7.10. The summed E-state index contributed by atoms with van der Waals surface area (Å²) in [5, 5.41) is 7.92. The second kappa shape index (κ2) is 7.22. The number of hydrogen-bond donors (Lipinski definition) is 2. The maximum absolute atomic E-state index is 10.9. The van der Waals surface area contributed by atoms with Gasteiger partial charge in [0.15, 0.2) is 0 Å². The fourth-order valence-electron chi connectivity index (χ4n) is 1.36. The summed E-state index contributed by atoms with van der Waals surface area (Å²) in [7, 11) is 0. The summed E-state index contributed by atoms with van der Waals surface area (Å²) in [6.45, 7) is 0. The van der Waals surface area contributed by atoms with Crippen molar-refractivity contribution in [3.63, 3.8) is 0 Å². The van der Waals surface area contributed by atoms with Crippen molar-refractivity contribution in [3.05, 3.63) is 48.5 Å². The molecule has 0 heterocycles. The minimum atomic E-state index is -5.07. The molecule has 6 nitrogen and oxygen atoms in total. The number of azo groups is 1. The molecule has 0 fully saturated rings. The summed E-state index contributed by atoms with van der Waals surface area (Å²) in [6.07, 6.45) is 0. The maximum Gasteiger partial charge on any atom is 1.00 e. The number of nitrogen functional groups attached to an aromatic ring is 1. The summed E-state index contributed by atoms with van der Waals surface area (Å²) < 4.78 is 30.7. The van der Waals surface area contributed by atoms with Gasteiger partial charge in [-0.1, -0.05) is 0 Å². The summed E-state index contributed by atoms with van der Waals surface area (Å²) in [4.78, 5) is 0. The van der Waals surface area contributed by atoms with E-state index in [-0.39, 0.29) is 33.9 Å². The van der Waals surface area contributed by atoms with Crippen molar-refractivity contribution in [2.45, 2.75) is 0 Å². The van der Waals surface area contributed by atoms with Crippen LogP contribution in [0.25, 0.3) is 0 Å². The minimum absolute atomic E-state index is 0. The molecule has 0 radical (unpaired) electrons. The van der Waals surface area contributed by atoms with Crippen LogP contribution in [0, 0.1) is 0 Å². The van der Waals surface area contributed by atoms with Crippen LogP contribution >= 0.6 is 0 Å². The van der Waals surface area contributed by atoms with E-state index >= 15 is 0 Å². The van der Waals surface area contributed by atoms with Crippen molar-refractivity contribution in [1.82, 2.24) is 0 Å². The standard InChI is InChI=1S/C12H12AsN3O3.Na/c14-10-3-7-12(8-4-10)16-15-11-5-1-9(2-6-11)13(17,18)19;/h1-8H,14H2,(H2,17,18,19);/q;+1/p-1. The number of nitrogens with zero attached hydrogens (tertiary/aromatic N) is 2. The molecule has 8 heteroatoms. The van der Waals surface area contributed by atoms with Crippen LogP contribution in [0.2, 0.25) is 0 Å². The third kappa shape index (κ3) is 4.90. The molecule has 0 spiro atoms. The molecular weight excluding hydrogens is 332 g/mol. The molecule has 2 aromatic carbocycles. The largest absolute Gasteiger partial charge is 1.00 e. The molecule has 2 rings (SSSR count). The first-order chi connectivity index (χ1) is 8.95. The molecule has 0 aliphatic rings. The van der Waals surface area contributed by atoms with Gasteiger partial charge < -0.3 is 0 Å². The smallest absolute Gasteiger partial charge is 1.00 e. The molecule has 0 aliphatic heterocycles. The summed E-state index contributed by atoms with van der Waals surface area (Å²) in [6, 6.07) is 12.4. The van der Waals surface area contributed by atoms with Gasteiger partial charge in [-0.15, -0.1) is 0 Å². The zero-order valence-corrected chi connectivity index (χ0v) is 14.7. The Balaban J connectivity index is 0.00000200. The average molecular weight is 343 g/mol. The van der Waals surface area contributed by atoms with Crippen LogP contribution in [0.5, 0.6) is 0 Å². The molecule has 20 heavy (non-hydrogen) atoms. The van der Waals surface area contributed by atoms with Crippen LogP contribution in [0.15, 0.2) is 58.8 Å². The predicted octanol–water partition coefficient (Wildman–Crippen LogP) is -2.38. The molecule has 0 aromatic heterocycles. The normalized spacial score (nSPS) is 13.7. The topological polar surface area (TPSA) is 111 Å². The van der Waals surface area contributed by atoms with Gasteiger partial charge in [0.1, 0.15) is 0 Å². The zero-order valence-electron chi connectivity index (χ0n) is 10.8. The fraction of sp³-hybridized carbons (Fsp3) is 0. The van der Waals surface area contributed by atoms with Crippen molar-refractivity contribution in [2.24, 2.45) is 10.2 Å². The molecule has 0 bridgehead atoms. The summed E-state index contributed by atoms with van der Waals surface area (Å²) in [5.41, 5.74) is 7.31. The van der Waals surface area contributed by atoms with E-state index in [0.29, 0.717) is 17.1 Å². The van der Waals surface area contributed by atoms with Crippen LogP contribution in [-0.2, 0) is 3.74 Å². The van der Waals surface area contributed by atoms with Gasteiger partial charge in [-0.2, -0.15) is 0 Å². The van der Waals surface area contributed by atoms with Crippen LogP contribution < -0.4 is 43.7 Å². The molecule has 98 valence electrons. The molecule has 0 saturated heterocycles. The first kappa shape index (κ1) is 17.2. The van der Waals surface area contributed by atoms with Crippen LogP contribution in [0.3, 0.4) is 0 Å². The Labute approximate surface area is 141 Å². The van der Waals surface area contributed by atoms with E-state index in [1.165, 1.54) is 24.3 Å². The van der Waals surface area contributed by atoms with Crippen molar-refractivity contribution in [1.29, 1.82) is 0 Å². The van der Waals surface area contributed by atoms with E-state index < -0.39 is 14.2 Å². The quantitative estimate of drug-likeness (QED) is 0.368. The van der Waals surface area contributed by atoms with E-state index in [9.17, 15) is 7.84 Å². The van der Waals surface area contributed by atoms with Gasteiger partial charge in [0.2, 0.25) is 0 Å². The van der Waals surface area contributed by atoms with E-state index in [1.807, 2.05) is 0 Å². The molecule has 0 amide bonds. The van der Waals surface area contributed by atoms with E-state index in [0.717, 1.165) is 0 Å². The van der Waals surface area contributed by atoms with Crippen molar-refractivity contribution in [2.75, 3.05) is 5.73 Å². The number of nitrogens with two attached hydrogens (primary N) is 1. The summed E-state index contributed by atoms with van der Waals surface area (Å²) >= 11 is -5.07. The molecule has 1 atom stereocenters. The molecule has 0 aliphatic carbocycles. The Bertz CT molecular complexity index is 638. The fourth-order valence-corrected chi connectivity index (χ4v) is 2.47. The number of rotatable bonds is 3. The number of benzene rings is 2.